The highest BCUT2D eigenvalue weighted by Gasteiger charge is 2.01. The van der Waals surface area contributed by atoms with Gasteiger partial charge in [-0.05, 0) is 12.1 Å². The van der Waals surface area contributed by atoms with E-state index >= 15 is 0 Å². The van der Waals surface area contributed by atoms with Crippen LogP contribution < -0.4 is 10.5 Å². The van der Waals surface area contributed by atoms with Crippen molar-refractivity contribution in [1.82, 2.24) is 15.0 Å². The van der Waals surface area contributed by atoms with Crippen LogP contribution in [0.5, 0.6) is 5.75 Å². The summed E-state index contributed by atoms with van der Waals surface area (Å²) < 4.78 is 6.79. The Hall–Kier alpha value is -1.88. The number of hydrogen-bond acceptors (Lipinski definition) is 4. The lowest BCUT2D eigenvalue weighted by Gasteiger charge is -2.02. The van der Waals surface area contributed by atoms with Crippen LogP contribution in [0, 0.1) is 0 Å². The van der Waals surface area contributed by atoms with Gasteiger partial charge in [0.25, 0.3) is 0 Å². The first-order valence-corrected chi connectivity index (χ1v) is 4.59. The van der Waals surface area contributed by atoms with Gasteiger partial charge in [-0.1, -0.05) is 11.3 Å². The van der Waals surface area contributed by atoms with E-state index in [9.17, 15) is 0 Å². The second-order valence-corrected chi connectivity index (χ2v) is 3.06. The molecule has 1 heterocycles. The standard InChI is InChI=1S/C10H12N4O/c1-15-10-4-2-3-9(5-10)14-7-8(6-11)12-13-14/h2-5,7H,6,11H2,1H3. The molecule has 5 heteroatoms. The highest BCUT2D eigenvalue weighted by atomic mass is 16.5. The Morgan fingerprint density at radius 3 is 3.00 bits per heavy atom. The van der Waals surface area contributed by atoms with Gasteiger partial charge in [-0.15, -0.1) is 5.10 Å². The van der Waals surface area contributed by atoms with E-state index in [0.29, 0.717) is 6.54 Å². The van der Waals surface area contributed by atoms with Crippen molar-refractivity contribution in [1.29, 1.82) is 0 Å². The first kappa shape index (κ1) is 9.67. The Kier molecular flexibility index (Phi) is 2.64. The molecule has 0 spiro atoms. The van der Waals surface area contributed by atoms with Crippen LogP contribution in [0.3, 0.4) is 0 Å². The SMILES string of the molecule is COc1cccc(-n2cc(CN)nn2)c1. The summed E-state index contributed by atoms with van der Waals surface area (Å²) in [6, 6.07) is 7.59. The average Bonchev–Trinajstić information content (AvgIpc) is 2.78. The molecule has 0 aliphatic heterocycles. The number of aromatic nitrogens is 3. The van der Waals surface area contributed by atoms with Gasteiger partial charge in [-0.3, -0.25) is 0 Å². The molecule has 0 unspecified atom stereocenters. The fourth-order valence-electron chi connectivity index (χ4n) is 1.27. The predicted octanol–water partition coefficient (Wildman–Crippen LogP) is 0.735. The van der Waals surface area contributed by atoms with Gasteiger partial charge in [0.2, 0.25) is 0 Å². The lowest BCUT2D eigenvalue weighted by Crippen LogP contribution is -1.96. The van der Waals surface area contributed by atoms with E-state index in [1.54, 1.807) is 18.0 Å². The molecule has 1 aromatic heterocycles. The van der Waals surface area contributed by atoms with Crippen molar-refractivity contribution in [3.8, 4) is 11.4 Å². The van der Waals surface area contributed by atoms with Gasteiger partial charge in [0.05, 0.1) is 24.7 Å². The molecule has 78 valence electrons. The molecule has 0 atom stereocenters. The monoisotopic (exact) mass is 204 g/mol. The van der Waals surface area contributed by atoms with Gasteiger partial charge in [0.1, 0.15) is 5.75 Å². The third-order valence-corrected chi connectivity index (χ3v) is 2.07. The Bertz CT molecular complexity index is 452. The van der Waals surface area contributed by atoms with Gasteiger partial charge in [-0.25, -0.2) is 4.68 Å². The fourth-order valence-corrected chi connectivity index (χ4v) is 1.27. The number of rotatable bonds is 3. The minimum absolute atomic E-state index is 0.393. The molecule has 2 N–H and O–H groups in total. The van der Waals surface area contributed by atoms with Crippen LogP contribution in [0.25, 0.3) is 5.69 Å². The maximum Gasteiger partial charge on any atom is 0.121 e. The molecular formula is C10H12N4O. The molecule has 5 nitrogen and oxygen atoms in total. The van der Waals surface area contributed by atoms with E-state index in [-0.39, 0.29) is 0 Å². The van der Waals surface area contributed by atoms with Crippen molar-refractivity contribution >= 4 is 0 Å². The number of benzene rings is 1. The van der Waals surface area contributed by atoms with Crippen molar-refractivity contribution < 1.29 is 4.74 Å². The molecular weight excluding hydrogens is 192 g/mol. The molecule has 0 radical (unpaired) electrons. The van der Waals surface area contributed by atoms with E-state index in [1.165, 1.54) is 0 Å². The number of ether oxygens (including phenoxy) is 1. The zero-order valence-electron chi connectivity index (χ0n) is 8.42. The summed E-state index contributed by atoms with van der Waals surface area (Å²) in [6.45, 7) is 0.393. The van der Waals surface area contributed by atoms with Gasteiger partial charge < -0.3 is 10.5 Å². The normalized spacial score (nSPS) is 10.3. The molecule has 0 amide bonds. The maximum atomic E-state index is 5.46. The summed E-state index contributed by atoms with van der Waals surface area (Å²) in [6.07, 6.45) is 1.80. The second kappa shape index (κ2) is 4.10. The average molecular weight is 204 g/mol. The van der Waals surface area contributed by atoms with Gasteiger partial charge in [0, 0.05) is 12.6 Å². The smallest absolute Gasteiger partial charge is 0.121 e. The van der Waals surface area contributed by atoms with Crippen molar-refractivity contribution in [2.24, 2.45) is 5.73 Å². The maximum absolute atomic E-state index is 5.46. The van der Waals surface area contributed by atoms with Crippen molar-refractivity contribution in [2.75, 3.05) is 7.11 Å². The molecule has 15 heavy (non-hydrogen) atoms. The molecule has 0 bridgehead atoms. The van der Waals surface area contributed by atoms with Crippen LogP contribution in [0.1, 0.15) is 5.69 Å². The van der Waals surface area contributed by atoms with E-state index < -0.39 is 0 Å². The van der Waals surface area contributed by atoms with Crippen molar-refractivity contribution in [3.05, 3.63) is 36.2 Å². The Morgan fingerprint density at radius 1 is 1.47 bits per heavy atom. The molecule has 0 saturated heterocycles. The van der Waals surface area contributed by atoms with Gasteiger partial charge in [0.15, 0.2) is 0 Å². The van der Waals surface area contributed by atoms with Crippen LogP contribution >= 0.6 is 0 Å². The topological polar surface area (TPSA) is 66.0 Å². The Labute approximate surface area is 87.5 Å². The zero-order chi connectivity index (χ0) is 10.7. The van der Waals surface area contributed by atoms with Crippen LogP contribution in [0.4, 0.5) is 0 Å². The van der Waals surface area contributed by atoms with Crippen LogP contribution in [0.2, 0.25) is 0 Å². The van der Waals surface area contributed by atoms with Crippen molar-refractivity contribution in [3.63, 3.8) is 0 Å². The Morgan fingerprint density at radius 2 is 2.33 bits per heavy atom. The first-order valence-electron chi connectivity index (χ1n) is 4.59. The summed E-state index contributed by atoms with van der Waals surface area (Å²) in [4.78, 5) is 0. The minimum atomic E-state index is 0.393. The first-order chi connectivity index (χ1) is 7.33. The van der Waals surface area contributed by atoms with Gasteiger partial charge >= 0.3 is 0 Å². The lowest BCUT2D eigenvalue weighted by molar-refractivity contribution is 0.414. The van der Waals surface area contributed by atoms with Crippen molar-refractivity contribution in [2.45, 2.75) is 6.54 Å². The van der Waals surface area contributed by atoms with E-state index in [1.807, 2.05) is 24.3 Å². The highest BCUT2D eigenvalue weighted by Crippen LogP contribution is 2.15. The van der Waals surface area contributed by atoms with Crippen LogP contribution in [-0.4, -0.2) is 22.1 Å². The molecule has 0 aliphatic carbocycles. The van der Waals surface area contributed by atoms with E-state index in [2.05, 4.69) is 10.3 Å². The molecule has 0 aliphatic rings. The fraction of sp³-hybridized carbons (Fsp3) is 0.200. The molecule has 0 saturated carbocycles. The lowest BCUT2D eigenvalue weighted by atomic mass is 10.3. The molecule has 0 fully saturated rings. The summed E-state index contributed by atoms with van der Waals surface area (Å²) in [5.74, 6) is 0.789. The molecule has 1 aromatic carbocycles. The minimum Gasteiger partial charge on any atom is -0.497 e. The summed E-state index contributed by atoms with van der Waals surface area (Å²) in [5, 5.41) is 7.88. The van der Waals surface area contributed by atoms with Crippen LogP contribution in [-0.2, 0) is 6.54 Å². The summed E-state index contributed by atoms with van der Waals surface area (Å²) in [7, 11) is 1.63. The third-order valence-electron chi connectivity index (χ3n) is 2.07. The van der Waals surface area contributed by atoms with Crippen LogP contribution in [0.15, 0.2) is 30.5 Å². The number of nitrogens with zero attached hydrogens (tertiary/aromatic N) is 3. The Balaban J connectivity index is 2.35. The third kappa shape index (κ3) is 1.97. The molecule has 2 aromatic rings. The number of methoxy groups -OCH3 is 1. The van der Waals surface area contributed by atoms with E-state index in [0.717, 1.165) is 17.1 Å². The van der Waals surface area contributed by atoms with E-state index in [4.69, 9.17) is 10.5 Å². The summed E-state index contributed by atoms with van der Waals surface area (Å²) >= 11 is 0. The van der Waals surface area contributed by atoms with Gasteiger partial charge in [-0.2, -0.15) is 0 Å². The predicted molar refractivity (Wildman–Crippen MR) is 55.8 cm³/mol. The quantitative estimate of drug-likeness (QED) is 0.800. The number of nitrogens with two attached hydrogens (primary N) is 1. The number of hydrogen-bond donors (Lipinski definition) is 1. The largest absolute Gasteiger partial charge is 0.497 e. The zero-order valence-corrected chi connectivity index (χ0v) is 8.42. The highest BCUT2D eigenvalue weighted by molar-refractivity contribution is 5.38. The summed E-state index contributed by atoms with van der Waals surface area (Å²) in [5.41, 5.74) is 7.12. The molecule has 2 rings (SSSR count). The second-order valence-electron chi connectivity index (χ2n) is 3.06.